The Morgan fingerprint density at radius 3 is 2.64 bits per heavy atom. The van der Waals surface area contributed by atoms with Crippen molar-refractivity contribution < 1.29 is 4.74 Å². The van der Waals surface area contributed by atoms with Gasteiger partial charge in [0, 0.05) is 0 Å². The second kappa shape index (κ2) is 3.98. The Labute approximate surface area is 83.9 Å². The normalized spacial score (nSPS) is 25.0. The molecule has 3 nitrogen and oxygen atoms in total. The van der Waals surface area contributed by atoms with Gasteiger partial charge in [0.25, 0.3) is 0 Å². The predicted octanol–water partition coefficient (Wildman–Crippen LogP) is 2.43. The maximum atomic E-state index is 8.61. The summed E-state index contributed by atoms with van der Waals surface area (Å²) < 4.78 is 5.47. The number of allylic oxidation sites excluding steroid dienone is 2. The maximum absolute atomic E-state index is 8.61. The third-order valence-electron chi connectivity index (χ3n) is 2.24. The fourth-order valence-corrected chi connectivity index (χ4v) is 1.30. The molecule has 3 heteroatoms. The molecule has 0 saturated carbocycles. The SMILES string of the molecule is CC1=COC(C)(C=C(C#N)C#N)CC1. The molecule has 1 heterocycles. The second-order valence-corrected chi connectivity index (χ2v) is 3.68. The molecule has 0 N–H and O–H groups in total. The van der Waals surface area contributed by atoms with Crippen LogP contribution in [-0.4, -0.2) is 5.60 Å². The average Bonchev–Trinajstić information content (AvgIpc) is 2.20. The fourth-order valence-electron chi connectivity index (χ4n) is 1.30. The van der Waals surface area contributed by atoms with Gasteiger partial charge in [-0.2, -0.15) is 10.5 Å². The Balaban J connectivity index is 2.85. The van der Waals surface area contributed by atoms with Crippen molar-refractivity contribution in [3.8, 4) is 12.1 Å². The summed E-state index contributed by atoms with van der Waals surface area (Å²) in [6, 6.07) is 3.67. The first-order valence-corrected chi connectivity index (χ1v) is 4.46. The maximum Gasteiger partial charge on any atom is 0.129 e. The average molecular weight is 188 g/mol. The highest BCUT2D eigenvalue weighted by Crippen LogP contribution is 2.28. The van der Waals surface area contributed by atoms with Crippen molar-refractivity contribution in [2.45, 2.75) is 32.3 Å². The van der Waals surface area contributed by atoms with Gasteiger partial charge in [0.2, 0.25) is 0 Å². The third-order valence-corrected chi connectivity index (χ3v) is 2.24. The molecule has 0 spiro atoms. The summed E-state index contributed by atoms with van der Waals surface area (Å²) >= 11 is 0. The third kappa shape index (κ3) is 2.37. The number of hydrogen-bond donors (Lipinski definition) is 0. The summed E-state index contributed by atoms with van der Waals surface area (Å²) in [4.78, 5) is 0. The Morgan fingerprint density at radius 1 is 1.57 bits per heavy atom. The first kappa shape index (κ1) is 10.3. The van der Waals surface area contributed by atoms with Crippen molar-refractivity contribution in [1.82, 2.24) is 0 Å². The van der Waals surface area contributed by atoms with Crippen molar-refractivity contribution in [1.29, 1.82) is 10.5 Å². The molecule has 0 aromatic heterocycles. The number of ether oxygens (including phenoxy) is 1. The van der Waals surface area contributed by atoms with E-state index in [2.05, 4.69) is 0 Å². The van der Waals surface area contributed by atoms with E-state index in [1.165, 1.54) is 5.57 Å². The van der Waals surface area contributed by atoms with Gasteiger partial charge in [-0.15, -0.1) is 0 Å². The lowest BCUT2D eigenvalue weighted by Crippen LogP contribution is -2.27. The predicted molar refractivity (Wildman–Crippen MR) is 51.8 cm³/mol. The molecular weight excluding hydrogens is 176 g/mol. The zero-order chi connectivity index (χ0) is 10.6. The largest absolute Gasteiger partial charge is 0.491 e. The highest BCUT2D eigenvalue weighted by atomic mass is 16.5. The van der Waals surface area contributed by atoms with Gasteiger partial charge in [0.05, 0.1) is 6.26 Å². The minimum absolute atomic E-state index is 0.112. The Kier molecular flexibility index (Phi) is 2.94. The van der Waals surface area contributed by atoms with Crippen LogP contribution in [0.3, 0.4) is 0 Å². The van der Waals surface area contributed by atoms with E-state index in [0.29, 0.717) is 0 Å². The van der Waals surface area contributed by atoms with Crippen LogP contribution in [0.25, 0.3) is 0 Å². The van der Waals surface area contributed by atoms with Crippen LogP contribution in [0.2, 0.25) is 0 Å². The standard InChI is InChI=1S/C11H12N2O/c1-9-3-4-11(2,14-8-9)5-10(6-12)7-13/h5,8H,3-4H2,1-2H3. The van der Waals surface area contributed by atoms with Crippen LogP contribution < -0.4 is 0 Å². The molecule has 1 atom stereocenters. The van der Waals surface area contributed by atoms with E-state index in [0.717, 1.165) is 12.8 Å². The lowest BCUT2D eigenvalue weighted by Gasteiger charge is -2.29. The van der Waals surface area contributed by atoms with Gasteiger partial charge in [-0.05, 0) is 38.3 Å². The summed E-state index contributed by atoms with van der Waals surface area (Å²) in [6.45, 7) is 3.88. The molecule has 0 amide bonds. The number of rotatable bonds is 1. The van der Waals surface area contributed by atoms with Gasteiger partial charge >= 0.3 is 0 Å². The molecule has 0 aromatic rings. The van der Waals surface area contributed by atoms with Crippen LogP contribution >= 0.6 is 0 Å². The molecule has 0 bridgehead atoms. The van der Waals surface area contributed by atoms with Crippen LogP contribution in [0.4, 0.5) is 0 Å². The molecule has 0 saturated heterocycles. The van der Waals surface area contributed by atoms with Crippen molar-refractivity contribution in [3.05, 3.63) is 23.5 Å². The Hall–Kier alpha value is -1.74. The van der Waals surface area contributed by atoms with Crippen molar-refractivity contribution in [3.63, 3.8) is 0 Å². The summed E-state index contributed by atoms with van der Waals surface area (Å²) in [5.41, 5.74) is 0.798. The molecular formula is C11H12N2O. The molecule has 1 aliphatic heterocycles. The van der Waals surface area contributed by atoms with Gasteiger partial charge in [-0.1, -0.05) is 0 Å². The first-order valence-electron chi connectivity index (χ1n) is 4.46. The van der Waals surface area contributed by atoms with E-state index in [1.54, 1.807) is 12.3 Å². The van der Waals surface area contributed by atoms with Crippen molar-refractivity contribution >= 4 is 0 Å². The number of nitrogens with zero attached hydrogens (tertiary/aromatic N) is 2. The quantitative estimate of drug-likeness (QED) is 0.594. The van der Waals surface area contributed by atoms with Crippen LogP contribution in [0.1, 0.15) is 26.7 Å². The van der Waals surface area contributed by atoms with E-state index in [4.69, 9.17) is 15.3 Å². The second-order valence-electron chi connectivity index (χ2n) is 3.68. The molecule has 0 fully saturated rings. The highest BCUT2D eigenvalue weighted by Gasteiger charge is 2.26. The summed E-state index contributed by atoms with van der Waals surface area (Å²) in [5.74, 6) is 0. The minimum Gasteiger partial charge on any atom is -0.491 e. The molecule has 1 aliphatic rings. The van der Waals surface area contributed by atoms with Crippen molar-refractivity contribution in [2.24, 2.45) is 0 Å². The zero-order valence-electron chi connectivity index (χ0n) is 8.37. The molecule has 72 valence electrons. The first-order chi connectivity index (χ1) is 6.59. The highest BCUT2D eigenvalue weighted by molar-refractivity contribution is 5.37. The van der Waals surface area contributed by atoms with Crippen LogP contribution in [0.15, 0.2) is 23.5 Å². The zero-order valence-corrected chi connectivity index (χ0v) is 8.37. The summed E-state index contributed by atoms with van der Waals surface area (Å²) in [7, 11) is 0. The molecule has 0 radical (unpaired) electrons. The monoisotopic (exact) mass is 188 g/mol. The fraction of sp³-hybridized carbons (Fsp3) is 0.455. The Morgan fingerprint density at radius 2 is 2.21 bits per heavy atom. The smallest absolute Gasteiger partial charge is 0.129 e. The number of hydrogen-bond acceptors (Lipinski definition) is 3. The summed E-state index contributed by atoms with van der Waals surface area (Å²) in [5, 5.41) is 17.2. The molecule has 1 rings (SSSR count). The Bertz CT molecular complexity index is 352. The van der Waals surface area contributed by atoms with Gasteiger partial charge in [0.1, 0.15) is 23.3 Å². The molecule has 14 heavy (non-hydrogen) atoms. The van der Waals surface area contributed by atoms with E-state index >= 15 is 0 Å². The van der Waals surface area contributed by atoms with Gasteiger partial charge in [0.15, 0.2) is 0 Å². The van der Waals surface area contributed by atoms with Crippen molar-refractivity contribution in [2.75, 3.05) is 0 Å². The van der Waals surface area contributed by atoms with Gasteiger partial charge < -0.3 is 4.74 Å². The van der Waals surface area contributed by atoms with Crippen LogP contribution in [-0.2, 0) is 4.74 Å². The minimum atomic E-state index is -0.500. The number of nitriles is 2. The molecule has 1 unspecified atom stereocenters. The van der Waals surface area contributed by atoms with Gasteiger partial charge in [-0.3, -0.25) is 0 Å². The lowest BCUT2D eigenvalue weighted by molar-refractivity contribution is 0.0630. The van der Waals surface area contributed by atoms with E-state index in [9.17, 15) is 0 Å². The lowest BCUT2D eigenvalue weighted by atomic mass is 9.93. The van der Waals surface area contributed by atoms with Crippen LogP contribution in [0.5, 0.6) is 0 Å². The van der Waals surface area contributed by atoms with E-state index in [1.807, 2.05) is 26.0 Å². The van der Waals surface area contributed by atoms with Crippen LogP contribution in [0, 0.1) is 22.7 Å². The van der Waals surface area contributed by atoms with E-state index < -0.39 is 5.60 Å². The van der Waals surface area contributed by atoms with Gasteiger partial charge in [-0.25, -0.2) is 0 Å². The topological polar surface area (TPSA) is 56.8 Å². The van der Waals surface area contributed by atoms with E-state index in [-0.39, 0.29) is 5.57 Å². The molecule has 0 aliphatic carbocycles. The summed E-state index contributed by atoms with van der Waals surface area (Å²) in [6.07, 6.45) is 5.04. The molecule has 0 aromatic carbocycles.